The van der Waals surface area contributed by atoms with Crippen LogP contribution in [0.1, 0.15) is 19.8 Å². The highest BCUT2D eigenvalue weighted by Crippen LogP contribution is 2.28. The molecule has 0 aliphatic heterocycles. The zero-order chi connectivity index (χ0) is 6.69. The van der Waals surface area contributed by atoms with E-state index in [1.165, 1.54) is 12.8 Å². The fraction of sp³-hybridized carbons (Fsp3) is 1.00. The smallest absolute Gasteiger partial charge is 0.0581 e. The molecular weight excluding hydrogens is 114 g/mol. The van der Waals surface area contributed by atoms with Gasteiger partial charge in [-0.15, -0.1) is 0 Å². The van der Waals surface area contributed by atoms with Gasteiger partial charge in [-0.25, -0.2) is 0 Å². The highest BCUT2D eigenvalue weighted by atomic mass is 16.5. The minimum Gasteiger partial charge on any atom is -0.378 e. The second-order valence-corrected chi connectivity index (χ2v) is 2.65. The van der Waals surface area contributed by atoms with Crippen LogP contribution in [0.3, 0.4) is 0 Å². The summed E-state index contributed by atoms with van der Waals surface area (Å²) in [5.74, 6) is 0.751. The standard InChI is InChI=1S/C7H15NO/c1-2-9-7-3-6(4-7)5-8/h6-7H,2-5,8H2,1H3/t6-,7-. The molecule has 1 aliphatic rings. The Morgan fingerprint density at radius 1 is 1.56 bits per heavy atom. The maximum absolute atomic E-state index is 5.44. The van der Waals surface area contributed by atoms with Crippen molar-refractivity contribution in [2.75, 3.05) is 13.2 Å². The van der Waals surface area contributed by atoms with Crippen molar-refractivity contribution in [2.24, 2.45) is 11.7 Å². The summed E-state index contributed by atoms with van der Waals surface area (Å²) in [6, 6.07) is 0. The maximum atomic E-state index is 5.44. The Kier molecular flexibility index (Phi) is 2.49. The van der Waals surface area contributed by atoms with E-state index in [4.69, 9.17) is 10.5 Å². The molecule has 0 saturated heterocycles. The van der Waals surface area contributed by atoms with E-state index in [-0.39, 0.29) is 0 Å². The van der Waals surface area contributed by atoms with E-state index < -0.39 is 0 Å². The van der Waals surface area contributed by atoms with E-state index >= 15 is 0 Å². The Labute approximate surface area is 56.4 Å². The van der Waals surface area contributed by atoms with Crippen LogP contribution in [0, 0.1) is 5.92 Å². The van der Waals surface area contributed by atoms with Crippen LogP contribution in [0.5, 0.6) is 0 Å². The van der Waals surface area contributed by atoms with Crippen molar-refractivity contribution in [3.63, 3.8) is 0 Å². The summed E-state index contributed by atoms with van der Waals surface area (Å²) in [5, 5.41) is 0. The Morgan fingerprint density at radius 2 is 2.22 bits per heavy atom. The van der Waals surface area contributed by atoms with Gasteiger partial charge in [-0.3, -0.25) is 0 Å². The number of ether oxygens (including phenoxy) is 1. The fourth-order valence-corrected chi connectivity index (χ4v) is 1.24. The van der Waals surface area contributed by atoms with Crippen molar-refractivity contribution in [2.45, 2.75) is 25.9 Å². The van der Waals surface area contributed by atoms with Crippen molar-refractivity contribution in [3.8, 4) is 0 Å². The molecule has 2 heteroatoms. The van der Waals surface area contributed by atoms with Gasteiger partial charge < -0.3 is 10.5 Å². The monoisotopic (exact) mass is 129 g/mol. The van der Waals surface area contributed by atoms with Crippen molar-refractivity contribution in [1.29, 1.82) is 0 Å². The third-order valence-electron chi connectivity index (χ3n) is 1.93. The van der Waals surface area contributed by atoms with Crippen LogP contribution < -0.4 is 5.73 Å². The van der Waals surface area contributed by atoms with E-state index in [0.29, 0.717) is 6.10 Å². The third-order valence-corrected chi connectivity index (χ3v) is 1.93. The summed E-state index contributed by atoms with van der Waals surface area (Å²) in [6.07, 6.45) is 2.90. The molecule has 9 heavy (non-hydrogen) atoms. The van der Waals surface area contributed by atoms with Gasteiger partial charge in [0, 0.05) is 6.61 Å². The van der Waals surface area contributed by atoms with Crippen LogP contribution in [0.15, 0.2) is 0 Å². The van der Waals surface area contributed by atoms with Crippen LogP contribution in [0.2, 0.25) is 0 Å². The lowest BCUT2D eigenvalue weighted by Gasteiger charge is -2.33. The molecule has 0 amide bonds. The van der Waals surface area contributed by atoms with E-state index in [1.54, 1.807) is 0 Å². The number of hydrogen-bond donors (Lipinski definition) is 1. The lowest BCUT2D eigenvalue weighted by molar-refractivity contribution is -0.0216. The molecule has 1 fully saturated rings. The molecule has 1 aliphatic carbocycles. The molecular formula is C7H15NO. The first kappa shape index (κ1) is 7.03. The first-order chi connectivity index (χ1) is 4.36. The molecule has 0 spiro atoms. The van der Waals surface area contributed by atoms with Gasteiger partial charge in [0.1, 0.15) is 0 Å². The van der Waals surface area contributed by atoms with Crippen molar-refractivity contribution in [3.05, 3.63) is 0 Å². The Hall–Kier alpha value is -0.0800. The first-order valence-corrected chi connectivity index (χ1v) is 3.68. The molecule has 1 rings (SSSR count). The number of hydrogen-bond acceptors (Lipinski definition) is 2. The van der Waals surface area contributed by atoms with E-state index in [1.807, 2.05) is 6.92 Å². The van der Waals surface area contributed by atoms with Crippen LogP contribution in [0.25, 0.3) is 0 Å². The lowest BCUT2D eigenvalue weighted by atomic mass is 9.82. The molecule has 0 aromatic carbocycles. The van der Waals surface area contributed by atoms with Gasteiger partial charge in [-0.1, -0.05) is 0 Å². The van der Waals surface area contributed by atoms with E-state index in [0.717, 1.165) is 19.1 Å². The van der Waals surface area contributed by atoms with E-state index in [9.17, 15) is 0 Å². The van der Waals surface area contributed by atoms with Gasteiger partial charge in [-0.2, -0.15) is 0 Å². The SMILES string of the molecule is CCO[C@H]1C[C@H](CN)C1. The predicted octanol–water partition coefficient (Wildman–Crippen LogP) is 0.760. The van der Waals surface area contributed by atoms with Crippen LogP contribution in [-0.4, -0.2) is 19.3 Å². The minimum atomic E-state index is 0.531. The molecule has 1 saturated carbocycles. The Balaban J connectivity index is 1.98. The molecule has 2 nitrogen and oxygen atoms in total. The summed E-state index contributed by atoms with van der Waals surface area (Å²) in [7, 11) is 0. The zero-order valence-electron chi connectivity index (χ0n) is 5.97. The average molecular weight is 129 g/mol. The second-order valence-electron chi connectivity index (χ2n) is 2.65. The van der Waals surface area contributed by atoms with Crippen LogP contribution in [0.4, 0.5) is 0 Å². The third kappa shape index (κ3) is 1.66. The fourth-order valence-electron chi connectivity index (χ4n) is 1.24. The highest BCUT2D eigenvalue weighted by molar-refractivity contribution is 4.80. The van der Waals surface area contributed by atoms with Gasteiger partial charge in [0.25, 0.3) is 0 Å². The van der Waals surface area contributed by atoms with Crippen molar-refractivity contribution < 1.29 is 4.74 Å². The van der Waals surface area contributed by atoms with Gasteiger partial charge in [0.15, 0.2) is 0 Å². The minimum absolute atomic E-state index is 0.531. The Morgan fingerprint density at radius 3 is 2.67 bits per heavy atom. The molecule has 0 heterocycles. The number of rotatable bonds is 3. The average Bonchev–Trinajstić information content (AvgIpc) is 1.77. The van der Waals surface area contributed by atoms with Gasteiger partial charge >= 0.3 is 0 Å². The second kappa shape index (κ2) is 3.18. The molecule has 0 bridgehead atoms. The normalized spacial score (nSPS) is 34.0. The van der Waals surface area contributed by atoms with Gasteiger partial charge in [0.2, 0.25) is 0 Å². The topological polar surface area (TPSA) is 35.2 Å². The van der Waals surface area contributed by atoms with Crippen molar-refractivity contribution >= 4 is 0 Å². The quantitative estimate of drug-likeness (QED) is 0.610. The Bertz CT molecular complexity index is 79.0. The van der Waals surface area contributed by atoms with Crippen LogP contribution in [-0.2, 0) is 4.74 Å². The molecule has 0 radical (unpaired) electrons. The molecule has 0 aromatic rings. The molecule has 0 atom stereocenters. The molecule has 54 valence electrons. The lowest BCUT2D eigenvalue weighted by Crippen LogP contribution is -2.35. The largest absolute Gasteiger partial charge is 0.378 e. The molecule has 0 aromatic heterocycles. The summed E-state index contributed by atoms with van der Waals surface area (Å²) in [4.78, 5) is 0. The first-order valence-electron chi connectivity index (χ1n) is 3.68. The molecule has 0 unspecified atom stereocenters. The van der Waals surface area contributed by atoms with Crippen molar-refractivity contribution in [1.82, 2.24) is 0 Å². The maximum Gasteiger partial charge on any atom is 0.0581 e. The summed E-state index contributed by atoms with van der Waals surface area (Å²) in [5.41, 5.74) is 5.44. The number of nitrogens with two attached hydrogens (primary N) is 1. The van der Waals surface area contributed by atoms with Gasteiger partial charge in [-0.05, 0) is 32.2 Å². The van der Waals surface area contributed by atoms with Crippen LogP contribution >= 0.6 is 0 Å². The predicted molar refractivity (Wildman–Crippen MR) is 37.2 cm³/mol. The zero-order valence-corrected chi connectivity index (χ0v) is 5.97. The highest BCUT2D eigenvalue weighted by Gasteiger charge is 2.27. The van der Waals surface area contributed by atoms with E-state index in [2.05, 4.69) is 0 Å². The summed E-state index contributed by atoms with van der Waals surface area (Å²) >= 11 is 0. The summed E-state index contributed by atoms with van der Waals surface area (Å²) in [6.45, 7) is 3.72. The molecule has 2 N–H and O–H groups in total. The van der Waals surface area contributed by atoms with Gasteiger partial charge in [0.05, 0.1) is 6.10 Å². The summed E-state index contributed by atoms with van der Waals surface area (Å²) < 4.78 is 5.35.